The second-order valence-corrected chi connectivity index (χ2v) is 8.55. The normalized spacial score (nSPS) is 30.9. The second kappa shape index (κ2) is 4.83. The molecule has 18 heavy (non-hydrogen) atoms. The van der Waals surface area contributed by atoms with Gasteiger partial charge < -0.3 is 5.11 Å². The Kier molecular flexibility index (Phi) is 3.72. The molecule has 2 aliphatic rings. The van der Waals surface area contributed by atoms with E-state index < -0.39 is 21.2 Å². The number of sulfone groups is 1. The minimum Gasteiger partial charge on any atom is -0.481 e. The minimum atomic E-state index is -3.12. The van der Waals surface area contributed by atoms with Crippen molar-refractivity contribution in [3.63, 3.8) is 0 Å². The van der Waals surface area contributed by atoms with E-state index in [4.69, 9.17) is 5.11 Å². The molecule has 104 valence electrons. The maximum absolute atomic E-state index is 12.4. The summed E-state index contributed by atoms with van der Waals surface area (Å²) >= 11 is 0. The highest BCUT2D eigenvalue weighted by Gasteiger charge is 2.49. The molecule has 2 saturated carbocycles. The van der Waals surface area contributed by atoms with E-state index in [1.54, 1.807) is 0 Å². The summed E-state index contributed by atoms with van der Waals surface area (Å²) in [6, 6.07) is 0. The molecule has 5 heteroatoms. The second-order valence-electron chi connectivity index (χ2n) is 6.27. The highest BCUT2D eigenvalue weighted by molar-refractivity contribution is 7.92. The molecule has 2 unspecified atom stereocenters. The quantitative estimate of drug-likeness (QED) is 0.834. The molecular formula is C13H22O4S. The molecule has 0 saturated heterocycles. The molecule has 0 heterocycles. The van der Waals surface area contributed by atoms with Crippen LogP contribution in [0.5, 0.6) is 0 Å². The van der Waals surface area contributed by atoms with Crippen molar-refractivity contribution in [1.29, 1.82) is 0 Å². The van der Waals surface area contributed by atoms with Crippen LogP contribution in [0.25, 0.3) is 0 Å². The fourth-order valence-electron chi connectivity index (χ4n) is 3.12. The summed E-state index contributed by atoms with van der Waals surface area (Å²) < 4.78 is 24.8. The Balaban J connectivity index is 2.01. The monoisotopic (exact) mass is 274 g/mol. The number of carbonyl (C=O) groups is 1. The van der Waals surface area contributed by atoms with E-state index in [1.807, 2.05) is 0 Å². The van der Waals surface area contributed by atoms with Gasteiger partial charge in [-0.15, -0.1) is 0 Å². The summed E-state index contributed by atoms with van der Waals surface area (Å²) in [7, 11) is -3.12. The van der Waals surface area contributed by atoms with E-state index in [0.29, 0.717) is 5.92 Å². The van der Waals surface area contributed by atoms with E-state index in [1.165, 1.54) is 0 Å². The zero-order chi connectivity index (χ0) is 13.4. The third-order valence-corrected chi connectivity index (χ3v) is 6.85. The predicted octanol–water partition coefficient (Wildman–Crippen LogP) is 2.23. The van der Waals surface area contributed by atoms with Gasteiger partial charge in [-0.1, -0.05) is 19.8 Å². The molecule has 2 rings (SSSR count). The van der Waals surface area contributed by atoms with Crippen LogP contribution in [0.2, 0.25) is 0 Å². The topological polar surface area (TPSA) is 71.4 Å². The lowest BCUT2D eigenvalue weighted by molar-refractivity contribution is -0.138. The van der Waals surface area contributed by atoms with E-state index in [2.05, 4.69) is 6.92 Å². The third-order valence-electron chi connectivity index (χ3n) is 4.39. The van der Waals surface area contributed by atoms with Gasteiger partial charge in [0.25, 0.3) is 0 Å². The number of aliphatic carboxylic acids is 1. The number of rotatable bonds is 5. The van der Waals surface area contributed by atoms with Crippen molar-refractivity contribution in [2.45, 2.75) is 57.1 Å². The van der Waals surface area contributed by atoms with Crippen LogP contribution in [0.1, 0.15) is 51.9 Å². The Morgan fingerprint density at radius 2 is 2.00 bits per heavy atom. The average molecular weight is 274 g/mol. The van der Waals surface area contributed by atoms with Gasteiger partial charge >= 0.3 is 5.97 Å². The molecular weight excluding hydrogens is 252 g/mol. The van der Waals surface area contributed by atoms with Crippen molar-refractivity contribution in [1.82, 2.24) is 0 Å². The van der Waals surface area contributed by atoms with Crippen molar-refractivity contribution in [2.24, 2.45) is 11.3 Å². The van der Waals surface area contributed by atoms with Crippen LogP contribution in [0.3, 0.4) is 0 Å². The van der Waals surface area contributed by atoms with Crippen LogP contribution >= 0.6 is 0 Å². The maximum atomic E-state index is 12.4. The Morgan fingerprint density at radius 1 is 1.33 bits per heavy atom. The SMILES string of the molecule is CC1CCCC(S(=O)(=O)CC2(CC(=O)O)CC2)C1. The van der Waals surface area contributed by atoms with Crippen LogP contribution in [0.15, 0.2) is 0 Å². The van der Waals surface area contributed by atoms with Crippen LogP contribution in [-0.2, 0) is 14.6 Å². The Hall–Kier alpha value is -0.580. The van der Waals surface area contributed by atoms with Crippen LogP contribution < -0.4 is 0 Å². The first-order valence-electron chi connectivity index (χ1n) is 6.76. The first kappa shape index (κ1) is 13.8. The molecule has 2 fully saturated rings. The van der Waals surface area contributed by atoms with Gasteiger partial charge in [0.1, 0.15) is 0 Å². The van der Waals surface area contributed by atoms with Crippen molar-refractivity contribution in [3.05, 3.63) is 0 Å². The Morgan fingerprint density at radius 3 is 2.50 bits per heavy atom. The molecule has 0 aliphatic heterocycles. The minimum absolute atomic E-state index is 0.00844. The van der Waals surface area contributed by atoms with Crippen molar-refractivity contribution in [3.8, 4) is 0 Å². The van der Waals surface area contributed by atoms with Gasteiger partial charge in [0, 0.05) is 0 Å². The van der Waals surface area contributed by atoms with Gasteiger partial charge in [-0.3, -0.25) is 4.79 Å². The molecule has 0 aromatic heterocycles. The van der Waals surface area contributed by atoms with Gasteiger partial charge in [-0.2, -0.15) is 0 Å². The highest BCUT2D eigenvalue weighted by atomic mass is 32.2. The molecule has 0 amide bonds. The Labute approximate surface area is 109 Å². The fraction of sp³-hybridized carbons (Fsp3) is 0.923. The summed E-state index contributed by atoms with van der Waals surface area (Å²) in [5.41, 5.74) is -0.439. The van der Waals surface area contributed by atoms with Gasteiger partial charge in [-0.25, -0.2) is 8.42 Å². The number of carboxylic acid groups (broad SMARTS) is 1. The molecule has 0 aromatic rings. The molecule has 0 spiro atoms. The van der Waals surface area contributed by atoms with E-state index in [0.717, 1.165) is 38.5 Å². The molecule has 0 bridgehead atoms. The molecule has 4 nitrogen and oxygen atoms in total. The lowest BCUT2D eigenvalue weighted by atomic mass is 9.90. The molecule has 0 aromatic carbocycles. The summed E-state index contributed by atoms with van der Waals surface area (Å²) in [6.45, 7) is 2.10. The van der Waals surface area contributed by atoms with Gasteiger partial charge in [-0.05, 0) is 37.0 Å². The van der Waals surface area contributed by atoms with Crippen molar-refractivity contribution < 1.29 is 18.3 Å². The molecule has 1 N–H and O–H groups in total. The van der Waals surface area contributed by atoms with Gasteiger partial charge in [0.05, 0.1) is 17.4 Å². The van der Waals surface area contributed by atoms with Crippen molar-refractivity contribution >= 4 is 15.8 Å². The number of hydrogen-bond donors (Lipinski definition) is 1. The largest absolute Gasteiger partial charge is 0.481 e. The highest BCUT2D eigenvalue weighted by Crippen LogP contribution is 2.50. The predicted molar refractivity (Wildman–Crippen MR) is 69.1 cm³/mol. The Bertz CT molecular complexity index is 422. The average Bonchev–Trinajstić information content (AvgIpc) is 2.95. The molecule has 2 aliphatic carbocycles. The zero-order valence-electron chi connectivity index (χ0n) is 10.9. The van der Waals surface area contributed by atoms with Crippen molar-refractivity contribution in [2.75, 3.05) is 5.75 Å². The van der Waals surface area contributed by atoms with Gasteiger partial charge in [0.15, 0.2) is 9.84 Å². The van der Waals surface area contributed by atoms with Crippen LogP contribution in [-0.4, -0.2) is 30.5 Å². The maximum Gasteiger partial charge on any atom is 0.303 e. The fourth-order valence-corrected chi connectivity index (χ4v) is 5.75. The van der Waals surface area contributed by atoms with Crippen LogP contribution in [0.4, 0.5) is 0 Å². The van der Waals surface area contributed by atoms with E-state index in [9.17, 15) is 13.2 Å². The summed E-state index contributed by atoms with van der Waals surface area (Å²) in [4.78, 5) is 10.8. The molecule has 2 atom stereocenters. The van der Waals surface area contributed by atoms with E-state index >= 15 is 0 Å². The summed E-state index contributed by atoms with van der Waals surface area (Å²) in [5.74, 6) is -0.309. The number of hydrogen-bond acceptors (Lipinski definition) is 3. The smallest absolute Gasteiger partial charge is 0.303 e. The zero-order valence-corrected chi connectivity index (χ0v) is 11.7. The summed E-state index contributed by atoms with van der Waals surface area (Å²) in [5, 5.41) is 8.61. The van der Waals surface area contributed by atoms with Crippen LogP contribution in [0, 0.1) is 11.3 Å². The number of carboxylic acids is 1. The lowest BCUT2D eigenvalue weighted by Gasteiger charge is -2.28. The first-order chi connectivity index (χ1) is 8.33. The first-order valence-corrected chi connectivity index (χ1v) is 8.48. The lowest BCUT2D eigenvalue weighted by Crippen LogP contribution is -2.33. The standard InChI is InChI=1S/C13H22O4S/c1-10-3-2-4-11(7-10)18(16,17)9-13(5-6-13)8-12(14)15/h10-11H,2-9H2,1H3,(H,14,15). The third kappa shape index (κ3) is 3.25. The van der Waals surface area contributed by atoms with E-state index in [-0.39, 0.29) is 17.4 Å². The van der Waals surface area contributed by atoms with Gasteiger partial charge in [0.2, 0.25) is 0 Å². The molecule has 0 radical (unpaired) electrons. The summed E-state index contributed by atoms with van der Waals surface area (Å²) in [6.07, 6.45) is 5.13.